The molecule has 1 aromatic carbocycles. The molecule has 3 N–H and O–H groups in total. The van der Waals surface area contributed by atoms with E-state index in [0.717, 1.165) is 23.4 Å². The smallest absolute Gasteiger partial charge is 0.256 e. The highest BCUT2D eigenvalue weighted by Gasteiger charge is 2.41. The largest absolute Gasteiger partial charge is 0.379 e. The molecule has 1 aliphatic rings. The van der Waals surface area contributed by atoms with Crippen LogP contribution >= 0.6 is 0 Å². The third kappa shape index (κ3) is 4.24. The second kappa shape index (κ2) is 7.33. The number of rotatable bonds is 6. The number of aromatic amines is 1. The number of aryl methyl sites for hydroxylation is 1. The molecule has 0 aliphatic carbocycles. The van der Waals surface area contributed by atoms with Gasteiger partial charge in [-0.1, -0.05) is 12.1 Å². The molecule has 1 saturated heterocycles. The molecular formula is C18H23FN4O2. The Kier molecular flexibility index (Phi) is 5.15. The van der Waals surface area contributed by atoms with Crippen molar-refractivity contribution >= 4 is 5.91 Å². The zero-order valence-corrected chi connectivity index (χ0v) is 14.3. The minimum atomic E-state index is -1.41. The average molecular weight is 346 g/mol. The molecule has 134 valence electrons. The van der Waals surface area contributed by atoms with Crippen molar-refractivity contribution in [2.45, 2.75) is 38.5 Å². The minimum absolute atomic E-state index is 0.178. The number of hydrogen-bond donors (Lipinski definition) is 3. The third-order valence-electron chi connectivity index (χ3n) is 4.47. The number of nitrogens with one attached hydrogen (secondary N) is 2. The van der Waals surface area contributed by atoms with Crippen molar-refractivity contribution < 1.29 is 14.3 Å². The zero-order chi connectivity index (χ0) is 17.9. The monoisotopic (exact) mass is 346 g/mol. The molecule has 3 rings (SSSR count). The maximum absolute atomic E-state index is 13.0. The molecule has 6 nitrogen and oxygen atoms in total. The predicted molar refractivity (Wildman–Crippen MR) is 91.0 cm³/mol. The van der Waals surface area contributed by atoms with Gasteiger partial charge in [-0.2, -0.15) is 5.10 Å². The molecule has 25 heavy (non-hydrogen) atoms. The van der Waals surface area contributed by atoms with Crippen LogP contribution in [-0.4, -0.2) is 44.8 Å². The Morgan fingerprint density at radius 3 is 2.84 bits per heavy atom. The van der Waals surface area contributed by atoms with E-state index in [1.165, 1.54) is 12.1 Å². The molecule has 1 fully saturated rings. The van der Waals surface area contributed by atoms with Gasteiger partial charge in [0.25, 0.3) is 5.91 Å². The molecular weight excluding hydrogens is 323 g/mol. The second-order valence-electron chi connectivity index (χ2n) is 6.63. The quantitative estimate of drug-likeness (QED) is 0.740. The van der Waals surface area contributed by atoms with Crippen molar-refractivity contribution in [3.63, 3.8) is 0 Å². The summed E-state index contributed by atoms with van der Waals surface area (Å²) < 4.78 is 13.0. The summed E-state index contributed by atoms with van der Waals surface area (Å²) in [5.74, 6) is -0.586. The van der Waals surface area contributed by atoms with Gasteiger partial charge in [0.1, 0.15) is 5.82 Å². The number of amides is 1. The van der Waals surface area contributed by atoms with Crippen LogP contribution in [0.25, 0.3) is 0 Å². The van der Waals surface area contributed by atoms with Gasteiger partial charge in [0.15, 0.2) is 5.60 Å². The number of carbonyl (C=O) groups is 1. The summed E-state index contributed by atoms with van der Waals surface area (Å²) in [4.78, 5) is 14.3. The van der Waals surface area contributed by atoms with Crippen molar-refractivity contribution in [1.29, 1.82) is 0 Å². The third-order valence-corrected chi connectivity index (χ3v) is 4.47. The van der Waals surface area contributed by atoms with Crippen LogP contribution in [-0.2, 0) is 17.9 Å². The molecule has 1 amide bonds. The fourth-order valence-corrected chi connectivity index (χ4v) is 3.15. The van der Waals surface area contributed by atoms with Gasteiger partial charge in [0.05, 0.1) is 5.69 Å². The van der Waals surface area contributed by atoms with Gasteiger partial charge in [-0.25, -0.2) is 4.39 Å². The number of piperidine rings is 1. The molecule has 1 aromatic heterocycles. The molecule has 0 saturated carbocycles. The fraction of sp³-hybridized carbons (Fsp3) is 0.444. The van der Waals surface area contributed by atoms with Crippen molar-refractivity contribution in [2.75, 3.05) is 13.1 Å². The summed E-state index contributed by atoms with van der Waals surface area (Å²) >= 11 is 0. The van der Waals surface area contributed by atoms with Crippen LogP contribution in [0.2, 0.25) is 0 Å². The standard InChI is InChI=1S/C18H23FN4O2/c1-13-9-16(22-21-13)10-20-12-18(25)7-2-8-23(17(18)24)11-14-3-5-15(19)6-4-14/h3-6,9,20,25H,2,7-8,10-12H2,1H3,(H,21,22). The van der Waals surface area contributed by atoms with Crippen LogP contribution in [0.3, 0.4) is 0 Å². The number of hydrogen-bond acceptors (Lipinski definition) is 4. The molecule has 1 aliphatic heterocycles. The molecule has 0 bridgehead atoms. The van der Waals surface area contributed by atoms with Crippen LogP contribution in [0.4, 0.5) is 4.39 Å². The van der Waals surface area contributed by atoms with E-state index in [9.17, 15) is 14.3 Å². The maximum Gasteiger partial charge on any atom is 0.256 e. The number of nitrogens with zero attached hydrogens (tertiary/aromatic N) is 2. The lowest BCUT2D eigenvalue weighted by atomic mass is 9.91. The lowest BCUT2D eigenvalue weighted by molar-refractivity contribution is -0.157. The van der Waals surface area contributed by atoms with Crippen LogP contribution in [0, 0.1) is 12.7 Å². The number of H-pyrrole nitrogens is 1. The number of benzene rings is 1. The molecule has 1 unspecified atom stereocenters. The van der Waals surface area contributed by atoms with Gasteiger partial charge in [-0.3, -0.25) is 9.89 Å². The molecule has 0 radical (unpaired) electrons. The topological polar surface area (TPSA) is 81.2 Å². The van der Waals surface area contributed by atoms with E-state index in [4.69, 9.17) is 0 Å². The van der Waals surface area contributed by atoms with Gasteiger partial charge in [-0.05, 0) is 43.5 Å². The van der Waals surface area contributed by atoms with E-state index in [-0.39, 0.29) is 18.3 Å². The van der Waals surface area contributed by atoms with Gasteiger partial charge in [-0.15, -0.1) is 0 Å². The number of halogens is 1. The highest BCUT2D eigenvalue weighted by molar-refractivity contribution is 5.86. The molecule has 2 aromatic rings. The summed E-state index contributed by atoms with van der Waals surface area (Å²) in [6.07, 6.45) is 1.16. The lowest BCUT2D eigenvalue weighted by Gasteiger charge is -2.38. The molecule has 2 heterocycles. The summed E-state index contributed by atoms with van der Waals surface area (Å²) in [5.41, 5.74) is 1.24. The normalized spacial score (nSPS) is 20.9. The summed E-state index contributed by atoms with van der Waals surface area (Å²) in [6.45, 7) is 3.55. The van der Waals surface area contributed by atoms with Gasteiger partial charge >= 0.3 is 0 Å². The van der Waals surface area contributed by atoms with E-state index in [0.29, 0.717) is 26.1 Å². The number of carbonyl (C=O) groups excluding carboxylic acids is 1. The highest BCUT2D eigenvalue weighted by atomic mass is 19.1. The summed E-state index contributed by atoms with van der Waals surface area (Å²) in [6, 6.07) is 8.00. The fourth-order valence-electron chi connectivity index (χ4n) is 3.15. The molecule has 7 heteroatoms. The van der Waals surface area contributed by atoms with E-state index in [1.54, 1.807) is 17.0 Å². The first-order chi connectivity index (χ1) is 12.0. The highest BCUT2D eigenvalue weighted by Crippen LogP contribution is 2.24. The van der Waals surface area contributed by atoms with Crippen LogP contribution in [0.1, 0.15) is 29.8 Å². The minimum Gasteiger partial charge on any atom is -0.379 e. The SMILES string of the molecule is Cc1cc(CNCC2(O)CCCN(Cc3ccc(F)cc3)C2=O)n[nH]1. The lowest BCUT2D eigenvalue weighted by Crippen LogP contribution is -2.57. The van der Waals surface area contributed by atoms with E-state index in [2.05, 4.69) is 15.5 Å². The summed E-state index contributed by atoms with van der Waals surface area (Å²) in [7, 11) is 0. The Morgan fingerprint density at radius 1 is 1.40 bits per heavy atom. The maximum atomic E-state index is 13.0. The average Bonchev–Trinajstić information content (AvgIpc) is 2.99. The Morgan fingerprint density at radius 2 is 2.16 bits per heavy atom. The van der Waals surface area contributed by atoms with Crippen molar-refractivity contribution in [3.05, 3.63) is 53.1 Å². The Hall–Kier alpha value is -2.25. The first-order valence-electron chi connectivity index (χ1n) is 8.44. The molecule has 0 spiro atoms. The Bertz CT molecular complexity index is 731. The van der Waals surface area contributed by atoms with Crippen LogP contribution in [0.5, 0.6) is 0 Å². The predicted octanol–water partition coefficient (Wildman–Crippen LogP) is 1.50. The number of likely N-dealkylation sites (tertiary alicyclic amines) is 1. The van der Waals surface area contributed by atoms with Gasteiger partial charge < -0.3 is 15.3 Å². The summed E-state index contributed by atoms with van der Waals surface area (Å²) in [5, 5.41) is 20.9. The first-order valence-corrected chi connectivity index (χ1v) is 8.44. The van der Waals surface area contributed by atoms with Crippen molar-refractivity contribution in [1.82, 2.24) is 20.4 Å². The number of aromatic nitrogens is 2. The van der Waals surface area contributed by atoms with E-state index in [1.807, 2.05) is 13.0 Å². The van der Waals surface area contributed by atoms with Crippen LogP contribution < -0.4 is 5.32 Å². The van der Waals surface area contributed by atoms with Crippen LogP contribution in [0.15, 0.2) is 30.3 Å². The van der Waals surface area contributed by atoms with E-state index < -0.39 is 5.60 Å². The molecule has 1 atom stereocenters. The number of aliphatic hydroxyl groups is 1. The van der Waals surface area contributed by atoms with Crippen molar-refractivity contribution in [2.24, 2.45) is 0 Å². The second-order valence-corrected chi connectivity index (χ2v) is 6.63. The van der Waals surface area contributed by atoms with Crippen molar-refractivity contribution in [3.8, 4) is 0 Å². The Balaban J connectivity index is 1.58. The van der Waals surface area contributed by atoms with E-state index >= 15 is 0 Å². The first kappa shape index (κ1) is 17.6. The zero-order valence-electron chi connectivity index (χ0n) is 14.3. The van der Waals surface area contributed by atoms with Gasteiger partial charge in [0, 0.05) is 31.9 Å². The Labute approximate surface area is 146 Å². The van der Waals surface area contributed by atoms with Gasteiger partial charge in [0.2, 0.25) is 0 Å².